The van der Waals surface area contributed by atoms with Crippen molar-refractivity contribution in [2.45, 2.75) is 84.7 Å². The van der Waals surface area contributed by atoms with Gasteiger partial charge < -0.3 is 10.6 Å². The van der Waals surface area contributed by atoms with Crippen LogP contribution in [-0.4, -0.2) is 34.4 Å². The minimum absolute atomic E-state index is 0.335. The molecule has 2 fully saturated rings. The van der Waals surface area contributed by atoms with Gasteiger partial charge in [-0.05, 0) is 57.9 Å². The minimum atomic E-state index is 0.335. The summed E-state index contributed by atoms with van der Waals surface area (Å²) in [6.07, 6.45) is 9.48. The lowest BCUT2D eigenvalue weighted by molar-refractivity contribution is 0.315. The first-order chi connectivity index (χ1) is 12.5. The highest BCUT2D eigenvalue weighted by atomic mass is 15.3. The number of aryl methyl sites for hydroxylation is 2. The fourth-order valence-corrected chi connectivity index (χ4v) is 4.63. The molecule has 2 saturated carbocycles. The molecule has 3 atom stereocenters. The SMILES string of the molecule is CCN=C(NC(C)Cc1c(C)nn(C)c1C)NC1CC1C1CCCCC1. The number of aliphatic imine (C=N–C) groups is 1. The van der Waals surface area contributed by atoms with Crippen LogP contribution >= 0.6 is 0 Å². The molecule has 0 spiro atoms. The highest BCUT2D eigenvalue weighted by Gasteiger charge is 2.43. The Morgan fingerprint density at radius 3 is 2.62 bits per heavy atom. The molecule has 146 valence electrons. The quantitative estimate of drug-likeness (QED) is 0.604. The van der Waals surface area contributed by atoms with Crippen molar-refractivity contribution in [3.8, 4) is 0 Å². The molecular weight excluding hydrogens is 322 g/mol. The molecule has 0 amide bonds. The van der Waals surface area contributed by atoms with E-state index < -0.39 is 0 Å². The van der Waals surface area contributed by atoms with Gasteiger partial charge in [0, 0.05) is 31.4 Å². The van der Waals surface area contributed by atoms with E-state index in [1.54, 1.807) is 0 Å². The topological polar surface area (TPSA) is 54.2 Å². The first-order valence-electron chi connectivity index (χ1n) is 10.6. The maximum absolute atomic E-state index is 4.69. The molecule has 2 aliphatic rings. The van der Waals surface area contributed by atoms with Crippen molar-refractivity contribution in [2.75, 3.05) is 6.54 Å². The van der Waals surface area contributed by atoms with Crippen molar-refractivity contribution in [3.05, 3.63) is 17.0 Å². The summed E-state index contributed by atoms with van der Waals surface area (Å²) in [6, 6.07) is 0.964. The van der Waals surface area contributed by atoms with Crippen LogP contribution in [0.3, 0.4) is 0 Å². The molecule has 5 nitrogen and oxygen atoms in total. The Bertz CT molecular complexity index is 627. The van der Waals surface area contributed by atoms with Gasteiger partial charge in [0.2, 0.25) is 0 Å². The molecule has 3 unspecified atom stereocenters. The second kappa shape index (κ2) is 8.45. The van der Waals surface area contributed by atoms with Crippen LogP contribution in [0.15, 0.2) is 4.99 Å². The molecule has 0 bridgehead atoms. The molecule has 2 aliphatic carbocycles. The average molecular weight is 360 g/mol. The van der Waals surface area contributed by atoms with Crippen molar-refractivity contribution in [1.82, 2.24) is 20.4 Å². The van der Waals surface area contributed by atoms with Gasteiger partial charge in [-0.2, -0.15) is 5.10 Å². The third-order valence-electron chi connectivity index (χ3n) is 6.29. The van der Waals surface area contributed by atoms with E-state index in [4.69, 9.17) is 0 Å². The van der Waals surface area contributed by atoms with Gasteiger partial charge >= 0.3 is 0 Å². The molecule has 1 heterocycles. The van der Waals surface area contributed by atoms with Crippen molar-refractivity contribution >= 4 is 5.96 Å². The maximum atomic E-state index is 4.69. The average Bonchev–Trinajstić information content (AvgIpc) is 3.34. The molecule has 2 N–H and O–H groups in total. The predicted molar refractivity (Wildman–Crippen MR) is 109 cm³/mol. The molecule has 1 aromatic rings. The Labute approximate surface area is 159 Å². The largest absolute Gasteiger partial charge is 0.354 e. The molecule has 0 aliphatic heterocycles. The normalized spacial score (nSPS) is 25.2. The van der Waals surface area contributed by atoms with Gasteiger partial charge in [-0.15, -0.1) is 0 Å². The first kappa shape index (κ1) is 19.2. The number of hydrogen-bond donors (Lipinski definition) is 2. The predicted octanol–water partition coefficient (Wildman–Crippen LogP) is 3.49. The molecule has 1 aromatic heterocycles. The van der Waals surface area contributed by atoms with Gasteiger partial charge in [-0.1, -0.05) is 32.1 Å². The number of aromatic nitrogens is 2. The van der Waals surface area contributed by atoms with Crippen molar-refractivity contribution < 1.29 is 0 Å². The Morgan fingerprint density at radius 1 is 1.27 bits per heavy atom. The fraction of sp³-hybridized carbons (Fsp3) is 0.810. The van der Waals surface area contributed by atoms with E-state index in [9.17, 15) is 0 Å². The zero-order valence-corrected chi connectivity index (χ0v) is 17.3. The molecule has 0 saturated heterocycles. The van der Waals surface area contributed by atoms with Crippen LogP contribution in [0.4, 0.5) is 0 Å². The van der Waals surface area contributed by atoms with E-state index in [2.05, 4.69) is 48.4 Å². The van der Waals surface area contributed by atoms with Gasteiger partial charge in [0.1, 0.15) is 0 Å². The van der Waals surface area contributed by atoms with Gasteiger partial charge in [0.25, 0.3) is 0 Å². The highest BCUT2D eigenvalue weighted by Crippen LogP contribution is 2.44. The van der Waals surface area contributed by atoms with Crippen LogP contribution in [0, 0.1) is 25.7 Å². The third-order valence-corrected chi connectivity index (χ3v) is 6.29. The third kappa shape index (κ3) is 4.60. The number of nitrogens with zero attached hydrogens (tertiary/aromatic N) is 3. The van der Waals surface area contributed by atoms with E-state index in [1.165, 1.54) is 49.8 Å². The molecule has 26 heavy (non-hydrogen) atoms. The van der Waals surface area contributed by atoms with E-state index in [0.29, 0.717) is 12.1 Å². The first-order valence-corrected chi connectivity index (χ1v) is 10.6. The summed E-state index contributed by atoms with van der Waals surface area (Å²) in [7, 11) is 2.02. The molecular formula is C21H37N5. The van der Waals surface area contributed by atoms with E-state index >= 15 is 0 Å². The summed E-state index contributed by atoms with van der Waals surface area (Å²) in [5, 5.41) is 11.9. The standard InChI is InChI=1S/C21H37N5/c1-6-22-21(24-20-13-19(20)17-10-8-7-9-11-17)23-14(2)12-18-15(3)25-26(5)16(18)4/h14,17,19-20H,6-13H2,1-5H3,(H2,22,23,24). The van der Waals surface area contributed by atoms with Crippen LogP contribution < -0.4 is 10.6 Å². The Hall–Kier alpha value is -1.52. The number of hydrogen-bond acceptors (Lipinski definition) is 2. The van der Waals surface area contributed by atoms with Gasteiger partial charge in [-0.3, -0.25) is 9.67 Å². The maximum Gasteiger partial charge on any atom is 0.191 e. The van der Waals surface area contributed by atoms with E-state index in [-0.39, 0.29) is 0 Å². The lowest BCUT2D eigenvalue weighted by atomic mass is 9.85. The van der Waals surface area contributed by atoms with E-state index in [0.717, 1.165) is 36.5 Å². The molecule has 3 rings (SSSR count). The number of rotatable bonds is 6. The zero-order valence-electron chi connectivity index (χ0n) is 17.3. The summed E-state index contributed by atoms with van der Waals surface area (Å²) < 4.78 is 1.98. The fourth-order valence-electron chi connectivity index (χ4n) is 4.63. The Kier molecular flexibility index (Phi) is 6.25. The zero-order chi connectivity index (χ0) is 18.7. The number of nitrogens with one attached hydrogen (secondary N) is 2. The molecule has 5 heteroatoms. The summed E-state index contributed by atoms with van der Waals surface area (Å²) in [5.74, 6) is 2.81. The molecule has 0 radical (unpaired) electrons. The Balaban J connectivity index is 1.53. The van der Waals surface area contributed by atoms with E-state index in [1.807, 2.05) is 11.7 Å². The molecule has 0 aromatic carbocycles. The van der Waals surface area contributed by atoms with Crippen LogP contribution in [-0.2, 0) is 13.5 Å². The second-order valence-electron chi connectivity index (χ2n) is 8.39. The number of guanidine groups is 1. The summed E-state index contributed by atoms with van der Waals surface area (Å²) in [5.41, 5.74) is 3.76. The van der Waals surface area contributed by atoms with Gasteiger partial charge in [-0.25, -0.2) is 0 Å². The summed E-state index contributed by atoms with van der Waals surface area (Å²) in [6.45, 7) is 9.42. The Morgan fingerprint density at radius 2 is 2.00 bits per heavy atom. The lowest BCUT2D eigenvalue weighted by Gasteiger charge is -2.23. The summed E-state index contributed by atoms with van der Waals surface area (Å²) in [4.78, 5) is 4.69. The van der Waals surface area contributed by atoms with Crippen molar-refractivity contribution in [3.63, 3.8) is 0 Å². The van der Waals surface area contributed by atoms with Crippen molar-refractivity contribution in [1.29, 1.82) is 0 Å². The van der Waals surface area contributed by atoms with Crippen LogP contribution in [0.2, 0.25) is 0 Å². The lowest BCUT2D eigenvalue weighted by Crippen LogP contribution is -2.44. The minimum Gasteiger partial charge on any atom is -0.354 e. The van der Waals surface area contributed by atoms with Crippen LogP contribution in [0.1, 0.15) is 69.3 Å². The van der Waals surface area contributed by atoms with Crippen LogP contribution in [0.5, 0.6) is 0 Å². The van der Waals surface area contributed by atoms with Gasteiger partial charge in [0.15, 0.2) is 5.96 Å². The second-order valence-corrected chi connectivity index (χ2v) is 8.39. The van der Waals surface area contributed by atoms with Gasteiger partial charge in [0.05, 0.1) is 5.69 Å². The van der Waals surface area contributed by atoms with Crippen molar-refractivity contribution in [2.24, 2.45) is 23.9 Å². The highest BCUT2D eigenvalue weighted by molar-refractivity contribution is 5.80. The smallest absolute Gasteiger partial charge is 0.191 e. The monoisotopic (exact) mass is 359 g/mol. The van der Waals surface area contributed by atoms with Crippen LogP contribution in [0.25, 0.3) is 0 Å². The summed E-state index contributed by atoms with van der Waals surface area (Å²) >= 11 is 0.